The third-order valence-corrected chi connectivity index (χ3v) is 4.26. The van der Waals surface area contributed by atoms with E-state index in [9.17, 15) is 4.79 Å². The number of aliphatic hydroxyl groups excluding tert-OH is 1. The second-order valence-electron chi connectivity index (χ2n) is 6.34. The van der Waals surface area contributed by atoms with Crippen LogP contribution in [0.2, 0.25) is 0 Å². The number of hydrogen-bond acceptors (Lipinski definition) is 3. The molecule has 0 aliphatic carbocycles. The SMILES string of the molecule is CC1Cc2cc(-c3ccc(CNC(=O)NCCCO)cc3)ccc2O1. The first-order valence-electron chi connectivity index (χ1n) is 8.67. The maximum atomic E-state index is 11.6. The summed E-state index contributed by atoms with van der Waals surface area (Å²) in [5.41, 5.74) is 4.63. The predicted octanol–water partition coefficient (Wildman–Crippen LogP) is 2.86. The average molecular weight is 340 g/mol. The normalized spacial score (nSPS) is 15.4. The van der Waals surface area contributed by atoms with Gasteiger partial charge in [0.25, 0.3) is 0 Å². The van der Waals surface area contributed by atoms with Crippen LogP contribution >= 0.6 is 0 Å². The highest BCUT2D eigenvalue weighted by molar-refractivity contribution is 5.73. The van der Waals surface area contributed by atoms with E-state index in [2.05, 4.69) is 41.8 Å². The highest BCUT2D eigenvalue weighted by Gasteiger charge is 2.19. The Balaban J connectivity index is 1.57. The molecule has 5 heteroatoms. The zero-order chi connectivity index (χ0) is 17.6. The summed E-state index contributed by atoms with van der Waals surface area (Å²) in [6.45, 7) is 3.11. The molecular weight excluding hydrogens is 316 g/mol. The highest BCUT2D eigenvalue weighted by Crippen LogP contribution is 2.32. The van der Waals surface area contributed by atoms with Crippen molar-refractivity contribution in [1.82, 2.24) is 10.6 Å². The number of ether oxygens (including phenoxy) is 1. The Kier molecular flexibility index (Phi) is 5.56. The van der Waals surface area contributed by atoms with Gasteiger partial charge in [0, 0.05) is 26.1 Å². The maximum absolute atomic E-state index is 11.6. The van der Waals surface area contributed by atoms with Crippen molar-refractivity contribution in [2.24, 2.45) is 0 Å². The number of urea groups is 1. The lowest BCUT2D eigenvalue weighted by molar-refractivity contribution is 0.237. The number of carbonyl (C=O) groups is 1. The number of aliphatic hydroxyl groups is 1. The van der Waals surface area contributed by atoms with Gasteiger partial charge in [-0.1, -0.05) is 30.3 Å². The zero-order valence-electron chi connectivity index (χ0n) is 14.4. The fourth-order valence-electron chi connectivity index (χ4n) is 2.94. The fourth-order valence-corrected chi connectivity index (χ4v) is 2.94. The fraction of sp³-hybridized carbons (Fsp3) is 0.350. The second kappa shape index (κ2) is 8.03. The van der Waals surface area contributed by atoms with Gasteiger partial charge in [-0.25, -0.2) is 4.79 Å². The Morgan fingerprint density at radius 1 is 1.16 bits per heavy atom. The van der Waals surface area contributed by atoms with Crippen LogP contribution in [0.15, 0.2) is 42.5 Å². The predicted molar refractivity (Wildman–Crippen MR) is 97.6 cm³/mol. The van der Waals surface area contributed by atoms with Crippen molar-refractivity contribution in [2.45, 2.75) is 32.4 Å². The van der Waals surface area contributed by atoms with Gasteiger partial charge in [-0.3, -0.25) is 0 Å². The first kappa shape index (κ1) is 17.3. The van der Waals surface area contributed by atoms with Crippen LogP contribution in [0.1, 0.15) is 24.5 Å². The Hall–Kier alpha value is -2.53. The van der Waals surface area contributed by atoms with Crippen molar-refractivity contribution >= 4 is 6.03 Å². The molecule has 0 fully saturated rings. The van der Waals surface area contributed by atoms with Crippen LogP contribution in [-0.2, 0) is 13.0 Å². The van der Waals surface area contributed by atoms with Gasteiger partial charge in [-0.2, -0.15) is 0 Å². The molecule has 0 saturated heterocycles. The molecule has 1 atom stereocenters. The summed E-state index contributed by atoms with van der Waals surface area (Å²) in [5, 5.41) is 14.2. The minimum absolute atomic E-state index is 0.0788. The zero-order valence-corrected chi connectivity index (χ0v) is 14.4. The Morgan fingerprint density at radius 3 is 2.68 bits per heavy atom. The van der Waals surface area contributed by atoms with E-state index >= 15 is 0 Å². The lowest BCUT2D eigenvalue weighted by Crippen LogP contribution is -2.35. The average Bonchev–Trinajstić information content (AvgIpc) is 3.00. The van der Waals surface area contributed by atoms with Crippen molar-refractivity contribution < 1.29 is 14.6 Å². The third kappa shape index (κ3) is 4.51. The first-order valence-corrected chi connectivity index (χ1v) is 8.67. The molecule has 5 nitrogen and oxygen atoms in total. The molecule has 2 aromatic carbocycles. The van der Waals surface area contributed by atoms with Gasteiger partial charge in [-0.05, 0) is 47.7 Å². The summed E-state index contributed by atoms with van der Waals surface area (Å²) in [7, 11) is 0. The molecule has 0 bridgehead atoms. The molecule has 1 heterocycles. The van der Waals surface area contributed by atoms with Crippen molar-refractivity contribution in [1.29, 1.82) is 0 Å². The van der Waals surface area contributed by atoms with Crippen molar-refractivity contribution in [3.05, 3.63) is 53.6 Å². The van der Waals surface area contributed by atoms with E-state index in [0.717, 1.165) is 23.3 Å². The number of nitrogens with one attached hydrogen (secondary N) is 2. The van der Waals surface area contributed by atoms with E-state index in [1.165, 1.54) is 11.1 Å². The van der Waals surface area contributed by atoms with Gasteiger partial charge < -0.3 is 20.5 Å². The molecule has 2 amide bonds. The van der Waals surface area contributed by atoms with Crippen LogP contribution < -0.4 is 15.4 Å². The van der Waals surface area contributed by atoms with Gasteiger partial charge in [0.15, 0.2) is 0 Å². The van der Waals surface area contributed by atoms with Crippen molar-refractivity contribution in [3.8, 4) is 16.9 Å². The quantitative estimate of drug-likeness (QED) is 0.708. The molecule has 1 aliphatic heterocycles. The molecule has 0 spiro atoms. The number of fused-ring (bicyclic) bond motifs is 1. The van der Waals surface area contributed by atoms with Crippen LogP contribution in [0.25, 0.3) is 11.1 Å². The molecule has 25 heavy (non-hydrogen) atoms. The van der Waals surface area contributed by atoms with Crippen LogP contribution in [0.5, 0.6) is 5.75 Å². The molecule has 1 unspecified atom stereocenters. The number of rotatable bonds is 6. The highest BCUT2D eigenvalue weighted by atomic mass is 16.5. The maximum Gasteiger partial charge on any atom is 0.315 e. The monoisotopic (exact) mass is 340 g/mol. The van der Waals surface area contributed by atoms with E-state index in [4.69, 9.17) is 9.84 Å². The summed E-state index contributed by atoms with van der Waals surface area (Å²) >= 11 is 0. The molecule has 3 N–H and O–H groups in total. The Morgan fingerprint density at radius 2 is 1.92 bits per heavy atom. The Labute approximate surface area is 148 Å². The van der Waals surface area contributed by atoms with Crippen LogP contribution in [0.4, 0.5) is 4.79 Å². The lowest BCUT2D eigenvalue weighted by atomic mass is 10.00. The summed E-state index contributed by atoms with van der Waals surface area (Å²) in [5.74, 6) is 0.990. The smallest absolute Gasteiger partial charge is 0.315 e. The number of carbonyl (C=O) groups excluding carboxylic acids is 1. The molecule has 3 rings (SSSR count). The van der Waals surface area contributed by atoms with Gasteiger partial charge in [0.05, 0.1) is 0 Å². The molecule has 1 aliphatic rings. The van der Waals surface area contributed by atoms with Gasteiger partial charge in [0.2, 0.25) is 0 Å². The first-order chi connectivity index (χ1) is 12.2. The molecule has 132 valence electrons. The van der Waals surface area contributed by atoms with E-state index in [-0.39, 0.29) is 18.7 Å². The van der Waals surface area contributed by atoms with E-state index < -0.39 is 0 Å². The van der Waals surface area contributed by atoms with Gasteiger partial charge >= 0.3 is 6.03 Å². The topological polar surface area (TPSA) is 70.6 Å². The van der Waals surface area contributed by atoms with E-state index in [0.29, 0.717) is 19.5 Å². The summed E-state index contributed by atoms with van der Waals surface area (Å²) in [6, 6.07) is 14.3. The van der Waals surface area contributed by atoms with Gasteiger partial charge in [-0.15, -0.1) is 0 Å². The minimum atomic E-state index is -0.217. The molecule has 0 aromatic heterocycles. The molecule has 2 aromatic rings. The van der Waals surface area contributed by atoms with E-state index in [1.807, 2.05) is 18.2 Å². The lowest BCUT2D eigenvalue weighted by Gasteiger charge is -2.09. The molecule has 0 saturated carbocycles. The number of benzene rings is 2. The van der Waals surface area contributed by atoms with Crippen LogP contribution in [-0.4, -0.2) is 30.4 Å². The second-order valence-corrected chi connectivity index (χ2v) is 6.34. The van der Waals surface area contributed by atoms with Crippen molar-refractivity contribution in [3.63, 3.8) is 0 Å². The van der Waals surface area contributed by atoms with Crippen LogP contribution in [0, 0.1) is 0 Å². The molecular formula is C20H24N2O3. The third-order valence-electron chi connectivity index (χ3n) is 4.26. The van der Waals surface area contributed by atoms with E-state index in [1.54, 1.807) is 0 Å². The minimum Gasteiger partial charge on any atom is -0.490 e. The number of hydrogen-bond donors (Lipinski definition) is 3. The summed E-state index contributed by atoms with van der Waals surface area (Å²) < 4.78 is 5.75. The number of amides is 2. The van der Waals surface area contributed by atoms with Crippen molar-refractivity contribution in [2.75, 3.05) is 13.2 Å². The van der Waals surface area contributed by atoms with Crippen LogP contribution in [0.3, 0.4) is 0 Å². The summed E-state index contributed by atoms with van der Waals surface area (Å²) in [4.78, 5) is 11.6. The molecule has 0 radical (unpaired) electrons. The van der Waals surface area contributed by atoms with Gasteiger partial charge in [0.1, 0.15) is 11.9 Å². The Bertz CT molecular complexity index is 728. The standard InChI is InChI=1S/C20H24N2O3/c1-14-11-18-12-17(7-8-19(18)25-14)16-5-3-15(4-6-16)13-22-20(24)21-9-2-10-23/h3-8,12,14,23H,2,9-11,13H2,1H3,(H2,21,22,24). The largest absolute Gasteiger partial charge is 0.490 e. The summed E-state index contributed by atoms with van der Waals surface area (Å²) in [6.07, 6.45) is 1.77.